The van der Waals surface area contributed by atoms with Crippen LogP contribution in [0.5, 0.6) is 0 Å². The van der Waals surface area contributed by atoms with Crippen LogP contribution in [0.4, 0.5) is 0 Å². The second-order valence-corrected chi connectivity index (χ2v) is 5.86. The number of nitrogens with zero attached hydrogens (tertiary/aromatic N) is 2. The molecule has 1 saturated heterocycles. The second kappa shape index (κ2) is 5.77. The second-order valence-electron chi connectivity index (χ2n) is 4.16. The zero-order valence-corrected chi connectivity index (χ0v) is 11.7. The largest absolute Gasteiger partial charge is 0.459 e. The molecule has 0 aromatic carbocycles. The van der Waals surface area contributed by atoms with E-state index in [1.165, 1.54) is 11.3 Å². The van der Waals surface area contributed by atoms with E-state index in [1.54, 1.807) is 0 Å². The lowest BCUT2D eigenvalue weighted by atomic mass is 10.2. The van der Waals surface area contributed by atoms with Crippen molar-refractivity contribution in [2.24, 2.45) is 0 Å². The number of thiophene rings is 1. The normalized spacial score (nSPS) is 18.6. The molecule has 0 saturated carbocycles. The highest BCUT2D eigenvalue weighted by atomic mass is 32.1. The van der Waals surface area contributed by atoms with E-state index >= 15 is 0 Å². The summed E-state index contributed by atoms with van der Waals surface area (Å²) in [6.07, 6.45) is 2.02. The van der Waals surface area contributed by atoms with E-state index in [2.05, 4.69) is 9.59 Å². The number of aromatic nitrogens is 2. The minimum Gasteiger partial charge on any atom is -0.459 e. The Morgan fingerprint density at radius 1 is 1.58 bits per heavy atom. The van der Waals surface area contributed by atoms with Crippen molar-refractivity contribution in [2.45, 2.75) is 18.9 Å². The topological polar surface area (TPSA) is 61.3 Å². The van der Waals surface area contributed by atoms with Crippen LogP contribution in [0.2, 0.25) is 0 Å². The first-order chi connectivity index (χ1) is 9.34. The molecule has 2 aromatic heterocycles. The van der Waals surface area contributed by atoms with Gasteiger partial charge in [-0.15, -0.1) is 16.4 Å². The third-order valence-electron chi connectivity index (χ3n) is 2.85. The standard InChI is InChI=1S/C12H12N2O3S2/c15-12(17-7-8-3-1-5-16-8)11-10(13-14-19-11)9-4-2-6-18-9/h2,4,6,8H,1,3,5,7H2/t8-/m0/s1. The number of hydrogen-bond donors (Lipinski definition) is 0. The fourth-order valence-electron chi connectivity index (χ4n) is 1.91. The summed E-state index contributed by atoms with van der Waals surface area (Å²) in [6, 6.07) is 3.83. The summed E-state index contributed by atoms with van der Waals surface area (Å²) in [5.74, 6) is -0.367. The van der Waals surface area contributed by atoms with E-state index in [-0.39, 0.29) is 12.1 Å². The molecule has 0 spiro atoms. The van der Waals surface area contributed by atoms with E-state index in [9.17, 15) is 4.79 Å². The van der Waals surface area contributed by atoms with Crippen LogP contribution in [-0.2, 0) is 9.47 Å². The van der Waals surface area contributed by atoms with Gasteiger partial charge in [0.2, 0.25) is 0 Å². The molecule has 0 N–H and O–H groups in total. The average molecular weight is 296 g/mol. The molecule has 1 aliphatic heterocycles. The number of hydrogen-bond acceptors (Lipinski definition) is 7. The van der Waals surface area contributed by atoms with E-state index in [4.69, 9.17) is 9.47 Å². The van der Waals surface area contributed by atoms with Crippen molar-refractivity contribution < 1.29 is 14.3 Å². The summed E-state index contributed by atoms with van der Waals surface area (Å²) in [6.45, 7) is 1.06. The Morgan fingerprint density at radius 2 is 2.53 bits per heavy atom. The van der Waals surface area contributed by atoms with Gasteiger partial charge in [-0.2, -0.15) is 0 Å². The predicted molar refractivity (Wildman–Crippen MR) is 72.5 cm³/mol. The summed E-state index contributed by atoms with van der Waals surface area (Å²) >= 11 is 2.60. The first-order valence-corrected chi connectivity index (χ1v) is 7.65. The van der Waals surface area contributed by atoms with Crippen LogP contribution < -0.4 is 0 Å². The summed E-state index contributed by atoms with van der Waals surface area (Å²) in [5.41, 5.74) is 0.609. The van der Waals surface area contributed by atoms with Crippen molar-refractivity contribution in [1.29, 1.82) is 0 Å². The quantitative estimate of drug-likeness (QED) is 0.812. The molecule has 0 unspecified atom stereocenters. The van der Waals surface area contributed by atoms with Gasteiger partial charge in [0, 0.05) is 6.61 Å². The van der Waals surface area contributed by atoms with E-state index in [0.717, 1.165) is 35.9 Å². The minimum atomic E-state index is -0.367. The van der Waals surface area contributed by atoms with E-state index < -0.39 is 0 Å². The minimum absolute atomic E-state index is 0.0371. The van der Waals surface area contributed by atoms with Gasteiger partial charge < -0.3 is 9.47 Å². The van der Waals surface area contributed by atoms with E-state index in [1.807, 2.05) is 17.5 Å². The highest BCUT2D eigenvalue weighted by molar-refractivity contribution is 7.14. The van der Waals surface area contributed by atoms with Crippen LogP contribution in [0, 0.1) is 0 Å². The van der Waals surface area contributed by atoms with Gasteiger partial charge in [-0.3, -0.25) is 0 Å². The summed E-state index contributed by atoms with van der Waals surface area (Å²) in [7, 11) is 0. The van der Waals surface area contributed by atoms with Crippen molar-refractivity contribution in [3.63, 3.8) is 0 Å². The van der Waals surface area contributed by atoms with Gasteiger partial charge in [-0.25, -0.2) is 4.79 Å². The molecule has 3 heterocycles. The molecule has 0 aliphatic carbocycles. The highest BCUT2D eigenvalue weighted by Crippen LogP contribution is 2.28. The molecule has 5 nitrogen and oxygen atoms in total. The molecule has 7 heteroatoms. The van der Waals surface area contributed by atoms with Gasteiger partial charge in [0.25, 0.3) is 0 Å². The first-order valence-electron chi connectivity index (χ1n) is 5.99. The van der Waals surface area contributed by atoms with Crippen LogP contribution in [0.25, 0.3) is 10.6 Å². The fourth-order valence-corrected chi connectivity index (χ4v) is 3.26. The SMILES string of the molecule is O=C(OC[C@@H]1CCCO1)c1snnc1-c1cccs1. The Kier molecular flexibility index (Phi) is 3.86. The number of ether oxygens (including phenoxy) is 2. The van der Waals surface area contributed by atoms with Crippen LogP contribution in [-0.4, -0.2) is 34.9 Å². The van der Waals surface area contributed by atoms with Crippen molar-refractivity contribution in [1.82, 2.24) is 9.59 Å². The fraction of sp³-hybridized carbons (Fsp3) is 0.417. The molecule has 100 valence electrons. The number of rotatable bonds is 4. The molecule has 19 heavy (non-hydrogen) atoms. The zero-order valence-electron chi connectivity index (χ0n) is 10.1. The monoisotopic (exact) mass is 296 g/mol. The van der Waals surface area contributed by atoms with Gasteiger partial charge in [-0.1, -0.05) is 10.6 Å². The third kappa shape index (κ3) is 2.83. The Balaban J connectivity index is 1.68. The maximum atomic E-state index is 12.0. The lowest BCUT2D eigenvalue weighted by molar-refractivity contribution is 0.0166. The van der Waals surface area contributed by atoms with Gasteiger partial charge >= 0.3 is 5.97 Å². The summed E-state index contributed by atoms with van der Waals surface area (Å²) in [5, 5.41) is 5.95. The molecule has 0 bridgehead atoms. The molecule has 0 amide bonds. The molecule has 1 atom stereocenters. The maximum Gasteiger partial charge on any atom is 0.352 e. The van der Waals surface area contributed by atoms with Crippen molar-refractivity contribution in [2.75, 3.05) is 13.2 Å². The molecule has 1 fully saturated rings. The van der Waals surface area contributed by atoms with Crippen LogP contribution in [0.3, 0.4) is 0 Å². The molecule has 2 aromatic rings. The van der Waals surface area contributed by atoms with Gasteiger partial charge in [0.1, 0.15) is 12.3 Å². The van der Waals surface area contributed by atoms with Gasteiger partial charge in [0.15, 0.2) is 4.88 Å². The van der Waals surface area contributed by atoms with Crippen molar-refractivity contribution >= 4 is 28.8 Å². The Hall–Kier alpha value is -1.31. The molecular weight excluding hydrogens is 284 g/mol. The maximum absolute atomic E-state index is 12.0. The number of carbonyl (C=O) groups excluding carboxylic acids is 1. The lowest BCUT2D eigenvalue weighted by Gasteiger charge is -2.09. The van der Waals surface area contributed by atoms with Crippen LogP contribution in [0.1, 0.15) is 22.5 Å². The molecule has 0 radical (unpaired) electrons. The summed E-state index contributed by atoms with van der Waals surface area (Å²) in [4.78, 5) is 13.4. The number of carbonyl (C=O) groups is 1. The van der Waals surface area contributed by atoms with Crippen molar-refractivity contribution in [3.8, 4) is 10.6 Å². The van der Waals surface area contributed by atoms with Crippen LogP contribution >= 0.6 is 22.9 Å². The Morgan fingerprint density at radius 3 is 3.26 bits per heavy atom. The van der Waals surface area contributed by atoms with Crippen molar-refractivity contribution in [3.05, 3.63) is 22.4 Å². The Labute approximate surface area is 118 Å². The molecule has 3 rings (SSSR count). The smallest absolute Gasteiger partial charge is 0.352 e. The third-order valence-corrected chi connectivity index (χ3v) is 4.43. The average Bonchev–Trinajstić information content (AvgIpc) is 3.14. The van der Waals surface area contributed by atoms with Gasteiger partial charge in [0.05, 0.1) is 11.0 Å². The van der Waals surface area contributed by atoms with E-state index in [0.29, 0.717) is 17.2 Å². The molecule has 1 aliphatic rings. The Bertz CT molecular complexity index is 547. The zero-order chi connectivity index (χ0) is 13.1. The number of esters is 1. The van der Waals surface area contributed by atoms with Gasteiger partial charge in [-0.05, 0) is 35.8 Å². The molecular formula is C12H12N2O3S2. The predicted octanol–water partition coefficient (Wildman–Crippen LogP) is 2.60. The van der Waals surface area contributed by atoms with Crippen LogP contribution in [0.15, 0.2) is 17.5 Å². The first kappa shape index (κ1) is 12.7. The summed E-state index contributed by atoms with van der Waals surface area (Å²) < 4.78 is 14.5. The highest BCUT2D eigenvalue weighted by Gasteiger charge is 2.22. The lowest BCUT2D eigenvalue weighted by Crippen LogP contribution is -2.17.